The number of methoxy groups -OCH3 is 1. The lowest BCUT2D eigenvalue weighted by atomic mass is 9.93. The van der Waals surface area contributed by atoms with Crippen LogP contribution in [0.4, 0.5) is 4.39 Å². The molecule has 2 nitrogen and oxygen atoms in total. The molecule has 0 fully saturated rings. The molecule has 1 aliphatic rings. The molecule has 4 heteroatoms. The Kier molecular flexibility index (Phi) is 8.30. The molecule has 0 unspecified atom stereocenters. The van der Waals surface area contributed by atoms with Crippen molar-refractivity contribution in [2.24, 2.45) is 0 Å². The number of fused-ring (bicyclic) bond motifs is 1. The van der Waals surface area contributed by atoms with Gasteiger partial charge in [-0.25, -0.2) is 8.97 Å². The molecule has 1 heterocycles. The molecule has 27 heavy (non-hydrogen) atoms. The quantitative estimate of drug-likeness (QED) is 0.498. The molecule has 0 amide bonds. The second-order valence-electron chi connectivity index (χ2n) is 7.04. The first-order chi connectivity index (χ1) is 12.7. The molecular weight excluding hydrogens is 361 g/mol. The zero-order chi connectivity index (χ0) is 18.4. The number of ether oxygens (including phenoxy) is 1. The SMILES string of the molecule is CCCCCCC1=[N+](Cc2ccccc2F)CCc2cc(OC)ccc21.[Cl-]. The molecule has 1 aliphatic heterocycles. The van der Waals surface area contributed by atoms with Crippen molar-refractivity contribution in [3.05, 3.63) is 65.0 Å². The summed E-state index contributed by atoms with van der Waals surface area (Å²) < 4.78 is 21.9. The highest BCUT2D eigenvalue weighted by Crippen LogP contribution is 2.25. The van der Waals surface area contributed by atoms with Crippen LogP contribution in [0.5, 0.6) is 5.75 Å². The molecule has 0 saturated carbocycles. The average molecular weight is 390 g/mol. The van der Waals surface area contributed by atoms with Gasteiger partial charge in [0.05, 0.1) is 12.7 Å². The van der Waals surface area contributed by atoms with Crippen LogP contribution in [0.25, 0.3) is 0 Å². The smallest absolute Gasteiger partial charge is 0.183 e. The zero-order valence-corrected chi connectivity index (χ0v) is 17.1. The fourth-order valence-electron chi connectivity index (χ4n) is 3.76. The van der Waals surface area contributed by atoms with Crippen molar-refractivity contribution >= 4 is 5.71 Å². The van der Waals surface area contributed by atoms with E-state index in [9.17, 15) is 4.39 Å². The first-order valence-corrected chi connectivity index (χ1v) is 9.74. The molecule has 0 spiro atoms. The highest BCUT2D eigenvalue weighted by Gasteiger charge is 2.26. The minimum Gasteiger partial charge on any atom is -1.00 e. The van der Waals surface area contributed by atoms with Crippen LogP contribution in [0.2, 0.25) is 0 Å². The van der Waals surface area contributed by atoms with Gasteiger partial charge in [-0.15, -0.1) is 0 Å². The van der Waals surface area contributed by atoms with Gasteiger partial charge in [-0.05, 0) is 42.3 Å². The summed E-state index contributed by atoms with van der Waals surface area (Å²) >= 11 is 0. The van der Waals surface area contributed by atoms with E-state index in [1.807, 2.05) is 18.2 Å². The topological polar surface area (TPSA) is 12.2 Å². The monoisotopic (exact) mass is 389 g/mol. The summed E-state index contributed by atoms with van der Waals surface area (Å²) in [7, 11) is 1.71. The lowest BCUT2D eigenvalue weighted by Gasteiger charge is -2.20. The standard InChI is InChI=1S/C23H29FNO.ClH/c1-3-4-5-6-11-23-21-13-12-20(26-2)16-18(21)14-15-25(23)17-19-9-7-8-10-22(19)24;/h7-10,12-13,16H,3-6,11,14-15,17H2,1-2H3;1H/q+1;/p-1. The Balaban J connectivity index is 0.00000261. The summed E-state index contributed by atoms with van der Waals surface area (Å²) in [6, 6.07) is 13.5. The van der Waals surface area contributed by atoms with Crippen LogP contribution >= 0.6 is 0 Å². The summed E-state index contributed by atoms with van der Waals surface area (Å²) in [5, 5.41) is 0. The molecule has 0 atom stereocenters. The van der Waals surface area contributed by atoms with Gasteiger partial charge in [0.25, 0.3) is 0 Å². The third kappa shape index (κ3) is 5.32. The van der Waals surface area contributed by atoms with Crippen LogP contribution in [0, 0.1) is 5.82 Å². The summed E-state index contributed by atoms with van der Waals surface area (Å²) in [6.45, 7) is 3.80. The van der Waals surface area contributed by atoms with Gasteiger partial charge in [-0.1, -0.05) is 38.3 Å². The van der Waals surface area contributed by atoms with Crippen LogP contribution in [-0.4, -0.2) is 23.9 Å². The first-order valence-electron chi connectivity index (χ1n) is 9.74. The Labute approximate surface area is 168 Å². The van der Waals surface area contributed by atoms with Crippen molar-refractivity contribution in [1.29, 1.82) is 0 Å². The Hall–Kier alpha value is -1.87. The molecule has 0 aromatic heterocycles. The Morgan fingerprint density at radius 1 is 1.07 bits per heavy atom. The number of nitrogens with zero attached hydrogens (tertiary/aromatic N) is 1. The maximum Gasteiger partial charge on any atom is 0.183 e. The summed E-state index contributed by atoms with van der Waals surface area (Å²) in [5.41, 5.74) is 4.79. The number of benzene rings is 2. The van der Waals surface area contributed by atoms with E-state index in [4.69, 9.17) is 4.74 Å². The lowest BCUT2D eigenvalue weighted by Crippen LogP contribution is -3.00. The predicted octanol–water partition coefficient (Wildman–Crippen LogP) is 2.37. The van der Waals surface area contributed by atoms with Gasteiger partial charge in [-0.2, -0.15) is 0 Å². The van der Waals surface area contributed by atoms with Crippen LogP contribution in [0.15, 0.2) is 42.5 Å². The van der Waals surface area contributed by atoms with Gasteiger partial charge < -0.3 is 17.1 Å². The fourth-order valence-corrected chi connectivity index (χ4v) is 3.76. The van der Waals surface area contributed by atoms with Gasteiger partial charge in [0.2, 0.25) is 0 Å². The maximum atomic E-state index is 14.2. The predicted molar refractivity (Wildman–Crippen MR) is 105 cm³/mol. The Morgan fingerprint density at radius 2 is 1.89 bits per heavy atom. The van der Waals surface area contributed by atoms with E-state index in [-0.39, 0.29) is 18.2 Å². The normalized spacial score (nSPS) is 13.1. The highest BCUT2D eigenvalue weighted by atomic mass is 35.5. The van der Waals surface area contributed by atoms with Gasteiger partial charge in [0.15, 0.2) is 12.3 Å². The van der Waals surface area contributed by atoms with E-state index in [2.05, 4.69) is 23.6 Å². The maximum absolute atomic E-state index is 14.2. The van der Waals surface area contributed by atoms with Crippen LogP contribution in [0.3, 0.4) is 0 Å². The fraction of sp³-hybridized carbons (Fsp3) is 0.435. The number of unbranched alkanes of at least 4 members (excludes halogenated alkanes) is 3. The minimum absolute atomic E-state index is 0. The summed E-state index contributed by atoms with van der Waals surface area (Å²) in [5.74, 6) is 0.801. The molecule has 0 bridgehead atoms. The van der Waals surface area contributed by atoms with Crippen molar-refractivity contribution in [2.75, 3.05) is 13.7 Å². The van der Waals surface area contributed by atoms with E-state index in [0.29, 0.717) is 6.54 Å². The van der Waals surface area contributed by atoms with Gasteiger partial charge in [0, 0.05) is 18.4 Å². The Bertz CT molecular complexity index is 788. The third-order valence-corrected chi connectivity index (χ3v) is 5.24. The van der Waals surface area contributed by atoms with Gasteiger partial charge >= 0.3 is 0 Å². The van der Waals surface area contributed by atoms with Crippen molar-refractivity contribution in [3.8, 4) is 5.75 Å². The molecule has 146 valence electrons. The van der Waals surface area contributed by atoms with Crippen LogP contribution in [-0.2, 0) is 13.0 Å². The Morgan fingerprint density at radius 3 is 2.63 bits per heavy atom. The molecule has 0 N–H and O–H groups in total. The summed E-state index contributed by atoms with van der Waals surface area (Å²) in [6.07, 6.45) is 6.97. The lowest BCUT2D eigenvalue weighted by molar-refractivity contribution is -0.546. The first kappa shape index (κ1) is 21.4. The van der Waals surface area contributed by atoms with Crippen LogP contribution < -0.4 is 17.1 Å². The molecule has 0 radical (unpaired) electrons. The minimum atomic E-state index is -0.113. The van der Waals surface area contributed by atoms with Crippen molar-refractivity contribution in [1.82, 2.24) is 0 Å². The molecule has 2 aromatic carbocycles. The second-order valence-corrected chi connectivity index (χ2v) is 7.04. The van der Waals surface area contributed by atoms with Crippen molar-refractivity contribution in [3.63, 3.8) is 0 Å². The van der Waals surface area contributed by atoms with E-state index in [1.165, 1.54) is 42.5 Å². The summed E-state index contributed by atoms with van der Waals surface area (Å²) in [4.78, 5) is 0. The molecule has 3 rings (SSSR count). The van der Waals surface area contributed by atoms with E-state index >= 15 is 0 Å². The van der Waals surface area contributed by atoms with Gasteiger partial charge in [0.1, 0.15) is 18.1 Å². The van der Waals surface area contributed by atoms with E-state index in [0.717, 1.165) is 30.7 Å². The number of rotatable bonds is 8. The van der Waals surface area contributed by atoms with Crippen molar-refractivity contribution in [2.45, 2.75) is 52.0 Å². The van der Waals surface area contributed by atoms with Crippen molar-refractivity contribution < 1.29 is 26.1 Å². The van der Waals surface area contributed by atoms with E-state index in [1.54, 1.807) is 19.2 Å². The van der Waals surface area contributed by atoms with Gasteiger partial charge in [-0.3, -0.25) is 0 Å². The number of hydrogen-bond acceptors (Lipinski definition) is 1. The van der Waals surface area contributed by atoms with Crippen LogP contribution in [0.1, 0.15) is 55.7 Å². The molecule has 0 aliphatic carbocycles. The second kappa shape index (κ2) is 10.5. The zero-order valence-electron chi connectivity index (χ0n) is 16.3. The molecule has 2 aromatic rings. The molecular formula is C23H29ClFNO. The average Bonchev–Trinajstić information content (AvgIpc) is 2.67. The molecule has 0 saturated heterocycles. The van der Waals surface area contributed by atoms with E-state index < -0.39 is 0 Å². The third-order valence-electron chi connectivity index (χ3n) is 5.24. The number of hydrogen-bond donors (Lipinski definition) is 0. The highest BCUT2D eigenvalue weighted by molar-refractivity contribution is 5.98. The largest absolute Gasteiger partial charge is 1.00 e. The number of halogens is 2.